The molecular weight excluding hydrogens is 432 g/mol. The van der Waals surface area contributed by atoms with Gasteiger partial charge < -0.3 is 19.6 Å². The van der Waals surface area contributed by atoms with E-state index in [9.17, 15) is 18.8 Å². The lowest BCUT2D eigenvalue weighted by Gasteiger charge is -2.21. The third-order valence-electron chi connectivity index (χ3n) is 4.83. The van der Waals surface area contributed by atoms with Crippen LogP contribution >= 0.6 is 0 Å². The SMILES string of the molecule is COCCN(CCOC)S(=O)(=O)c1ccc(/C(O)=C(\C#N)c2nc3ccccc3[nH]2)cc1. The number of imidazole rings is 1. The van der Waals surface area contributed by atoms with Gasteiger partial charge in [-0.15, -0.1) is 0 Å². The van der Waals surface area contributed by atoms with E-state index in [4.69, 9.17) is 9.47 Å². The number of benzene rings is 2. The minimum absolute atomic E-state index is 0.0429. The van der Waals surface area contributed by atoms with Gasteiger partial charge in [0.05, 0.1) is 29.1 Å². The Hall–Kier alpha value is -3.23. The molecule has 0 bridgehead atoms. The number of hydrogen-bond acceptors (Lipinski definition) is 7. The average molecular weight is 457 g/mol. The fraction of sp³-hybridized carbons (Fsp3) is 0.273. The molecule has 0 saturated heterocycles. The van der Waals surface area contributed by atoms with Crippen LogP contribution in [0.25, 0.3) is 22.4 Å². The number of nitrogens with one attached hydrogen (secondary N) is 1. The number of hydrogen-bond donors (Lipinski definition) is 2. The molecule has 1 aromatic heterocycles. The average Bonchev–Trinajstić information content (AvgIpc) is 3.23. The maximum absolute atomic E-state index is 13.0. The largest absolute Gasteiger partial charge is 0.506 e. The monoisotopic (exact) mass is 456 g/mol. The second-order valence-corrected chi connectivity index (χ2v) is 8.79. The summed E-state index contributed by atoms with van der Waals surface area (Å²) in [6.45, 7) is 0.848. The third-order valence-corrected chi connectivity index (χ3v) is 6.74. The fourth-order valence-corrected chi connectivity index (χ4v) is 4.51. The Labute approximate surface area is 186 Å². The van der Waals surface area contributed by atoms with Crippen molar-refractivity contribution in [1.82, 2.24) is 14.3 Å². The first kappa shape index (κ1) is 23.4. The molecule has 168 valence electrons. The summed E-state index contributed by atoms with van der Waals surface area (Å²) in [6.07, 6.45) is 0. The molecule has 10 heteroatoms. The van der Waals surface area contributed by atoms with E-state index in [0.29, 0.717) is 11.1 Å². The zero-order valence-electron chi connectivity index (χ0n) is 17.8. The summed E-state index contributed by atoms with van der Waals surface area (Å²) in [5.74, 6) is -0.0701. The maximum atomic E-state index is 13.0. The van der Waals surface area contributed by atoms with Crippen LogP contribution in [-0.2, 0) is 19.5 Å². The number of fused-ring (bicyclic) bond motifs is 1. The Morgan fingerprint density at radius 2 is 1.72 bits per heavy atom. The molecule has 1 heterocycles. The van der Waals surface area contributed by atoms with Gasteiger partial charge in [0, 0.05) is 32.9 Å². The van der Waals surface area contributed by atoms with E-state index in [-0.39, 0.29) is 48.4 Å². The Bertz CT molecular complexity index is 1200. The smallest absolute Gasteiger partial charge is 0.243 e. The lowest BCUT2D eigenvalue weighted by molar-refractivity contribution is 0.150. The molecule has 3 aromatic rings. The van der Waals surface area contributed by atoms with Crippen LogP contribution in [-0.4, -0.2) is 68.3 Å². The zero-order valence-corrected chi connectivity index (χ0v) is 18.6. The minimum Gasteiger partial charge on any atom is -0.506 e. The first-order chi connectivity index (χ1) is 15.4. The molecule has 2 N–H and O–H groups in total. The number of aliphatic hydroxyl groups excluding tert-OH is 1. The van der Waals surface area contributed by atoms with Crippen LogP contribution in [0.5, 0.6) is 0 Å². The number of nitriles is 1. The predicted octanol–water partition coefficient (Wildman–Crippen LogP) is 2.80. The van der Waals surface area contributed by atoms with E-state index in [1.54, 1.807) is 6.07 Å². The summed E-state index contributed by atoms with van der Waals surface area (Å²) >= 11 is 0. The summed E-state index contributed by atoms with van der Waals surface area (Å²) < 4.78 is 37.3. The number of allylic oxidation sites excluding steroid dienone is 1. The highest BCUT2D eigenvalue weighted by atomic mass is 32.2. The number of H-pyrrole nitrogens is 1. The number of nitrogens with zero attached hydrogens (tertiary/aromatic N) is 3. The van der Waals surface area contributed by atoms with Crippen LogP contribution < -0.4 is 0 Å². The lowest BCUT2D eigenvalue weighted by atomic mass is 10.1. The number of rotatable bonds is 10. The normalized spacial score (nSPS) is 12.7. The Morgan fingerprint density at radius 1 is 1.09 bits per heavy atom. The molecule has 0 atom stereocenters. The van der Waals surface area contributed by atoms with Crippen molar-refractivity contribution < 1.29 is 23.0 Å². The van der Waals surface area contributed by atoms with Crippen molar-refractivity contribution in [1.29, 1.82) is 5.26 Å². The highest BCUT2D eigenvalue weighted by Gasteiger charge is 2.24. The Balaban J connectivity index is 1.92. The fourth-order valence-electron chi connectivity index (χ4n) is 3.11. The summed E-state index contributed by atoms with van der Waals surface area (Å²) in [5, 5.41) is 20.3. The maximum Gasteiger partial charge on any atom is 0.243 e. The molecule has 9 nitrogen and oxygen atoms in total. The molecule has 0 spiro atoms. The number of ether oxygens (including phenoxy) is 2. The van der Waals surface area contributed by atoms with Gasteiger partial charge in [0.1, 0.15) is 17.4 Å². The Kier molecular flexibility index (Phi) is 7.61. The number of aromatic amines is 1. The van der Waals surface area contributed by atoms with E-state index >= 15 is 0 Å². The predicted molar refractivity (Wildman–Crippen MR) is 120 cm³/mol. The van der Waals surface area contributed by atoms with Crippen LogP contribution in [0.2, 0.25) is 0 Å². The third kappa shape index (κ3) is 4.98. The molecule has 32 heavy (non-hydrogen) atoms. The van der Waals surface area contributed by atoms with Crippen LogP contribution in [0, 0.1) is 11.3 Å². The Morgan fingerprint density at radius 3 is 2.28 bits per heavy atom. The molecular formula is C22H24N4O5S. The van der Waals surface area contributed by atoms with Gasteiger partial charge in [0.25, 0.3) is 0 Å². The number of methoxy groups -OCH3 is 2. The highest BCUT2D eigenvalue weighted by Crippen LogP contribution is 2.26. The van der Waals surface area contributed by atoms with Crippen LogP contribution in [0.15, 0.2) is 53.4 Å². The van der Waals surface area contributed by atoms with Gasteiger partial charge in [0.2, 0.25) is 10.0 Å². The minimum atomic E-state index is -3.79. The van der Waals surface area contributed by atoms with Crippen molar-refractivity contribution in [2.75, 3.05) is 40.5 Å². The van der Waals surface area contributed by atoms with Gasteiger partial charge in [-0.25, -0.2) is 13.4 Å². The summed E-state index contributed by atoms with van der Waals surface area (Å²) in [6, 6.07) is 14.9. The van der Waals surface area contributed by atoms with E-state index in [1.807, 2.05) is 24.3 Å². The molecule has 0 radical (unpaired) electrons. The second kappa shape index (κ2) is 10.4. The molecule has 0 aliphatic rings. The quantitative estimate of drug-likeness (QED) is 0.354. The molecule has 0 amide bonds. The van der Waals surface area contributed by atoms with Crippen molar-refractivity contribution in [2.24, 2.45) is 0 Å². The summed E-state index contributed by atoms with van der Waals surface area (Å²) in [4.78, 5) is 7.41. The molecule has 0 aliphatic carbocycles. The van der Waals surface area contributed by atoms with Crippen LogP contribution in [0.1, 0.15) is 11.4 Å². The number of para-hydroxylation sites is 2. The topological polar surface area (TPSA) is 129 Å². The van der Waals surface area contributed by atoms with E-state index in [0.717, 1.165) is 5.52 Å². The molecule has 2 aromatic carbocycles. The van der Waals surface area contributed by atoms with Crippen molar-refractivity contribution in [3.8, 4) is 6.07 Å². The van der Waals surface area contributed by atoms with Crippen molar-refractivity contribution in [3.63, 3.8) is 0 Å². The van der Waals surface area contributed by atoms with E-state index in [2.05, 4.69) is 9.97 Å². The van der Waals surface area contributed by atoms with E-state index in [1.165, 1.54) is 42.8 Å². The van der Waals surface area contributed by atoms with Gasteiger partial charge in [-0.3, -0.25) is 0 Å². The standard InChI is InChI=1S/C22H24N4O5S/c1-30-13-11-26(12-14-31-2)32(28,29)17-9-7-16(8-10-17)21(27)18(15-23)22-24-19-5-3-4-6-20(19)25-22/h3-10,27H,11-14H2,1-2H3,(H,24,25)/b21-18-. The van der Waals surface area contributed by atoms with Gasteiger partial charge in [-0.2, -0.15) is 9.57 Å². The van der Waals surface area contributed by atoms with E-state index < -0.39 is 10.0 Å². The van der Waals surface area contributed by atoms with Gasteiger partial charge in [-0.1, -0.05) is 12.1 Å². The van der Waals surface area contributed by atoms with Crippen molar-refractivity contribution in [2.45, 2.75) is 4.90 Å². The first-order valence-corrected chi connectivity index (χ1v) is 11.2. The molecule has 3 rings (SSSR count). The van der Waals surface area contributed by atoms with Crippen molar-refractivity contribution in [3.05, 3.63) is 59.9 Å². The van der Waals surface area contributed by atoms with Gasteiger partial charge in [-0.05, 0) is 36.4 Å². The second-order valence-electron chi connectivity index (χ2n) is 6.85. The molecule has 0 unspecified atom stereocenters. The number of aromatic nitrogens is 2. The summed E-state index contributed by atoms with van der Waals surface area (Å²) in [7, 11) is -0.792. The van der Waals surface area contributed by atoms with Gasteiger partial charge >= 0.3 is 0 Å². The molecule has 0 fully saturated rings. The highest BCUT2D eigenvalue weighted by molar-refractivity contribution is 7.89. The first-order valence-electron chi connectivity index (χ1n) is 9.79. The summed E-state index contributed by atoms with van der Waals surface area (Å²) in [5.41, 5.74) is 1.65. The van der Waals surface area contributed by atoms with Gasteiger partial charge in [0.15, 0.2) is 5.82 Å². The van der Waals surface area contributed by atoms with Crippen LogP contribution in [0.3, 0.4) is 0 Å². The van der Waals surface area contributed by atoms with Crippen molar-refractivity contribution >= 4 is 32.4 Å². The lowest BCUT2D eigenvalue weighted by Crippen LogP contribution is -2.36. The molecule has 0 aliphatic heterocycles. The number of aliphatic hydroxyl groups is 1. The zero-order chi connectivity index (χ0) is 23.1. The molecule has 0 saturated carbocycles. The van der Waals surface area contributed by atoms with Crippen LogP contribution in [0.4, 0.5) is 0 Å². The number of sulfonamides is 1.